The Morgan fingerprint density at radius 2 is 1.78 bits per heavy atom. The van der Waals surface area contributed by atoms with Crippen LogP contribution in [-0.2, 0) is 9.59 Å². The van der Waals surface area contributed by atoms with Gasteiger partial charge in [0.25, 0.3) is 5.91 Å². The Bertz CT molecular complexity index is 981. The second kappa shape index (κ2) is 6.75. The Morgan fingerprint density at radius 1 is 1.15 bits per heavy atom. The highest BCUT2D eigenvalue weighted by atomic mass is 16.4. The van der Waals surface area contributed by atoms with E-state index in [0.717, 1.165) is 33.8 Å². The number of aromatic nitrogens is 1. The molecule has 27 heavy (non-hydrogen) atoms. The van der Waals surface area contributed by atoms with Crippen molar-refractivity contribution in [3.8, 4) is 5.69 Å². The molecule has 1 fully saturated rings. The highest BCUT2D eigenvalue weighted by Crippen LogP contribution is 2.27. The van der Waals surface area contributed by atoms with Gasteiger partial charge in [-0.15, -0.1) is 0 Å². The number of nitrogens with zero attached hydrogens (tertiary/aromatic N) is 2. The number of imide groups is 1. The Kier molecular flexibility index (Phi) is 4.61. The van der Waals surface area contributed by atoms with E-state index in [1.54, 1.807) is 6.08 Å². The predicted molar refractivity (Wildman–Crippen MR) is 101 cm³/mol. The number of aryl methyl sites for hydroxylation is 3. The van der Waals surface area contributed by atoms with E-state index in [1.165, 1.54) is 0 Å². The van der Waals surface area contributed by atoms with Crippen LogP contribution in [0.3, 0.4) is 0 Å². The minimum atomic E-state index is -1.24. The number of carbonyl (C=O) groups excluding carboxylic acids is 2. The van der Waals surface area contributed by atoms with Crippen molar-refractivity contribution in [1.29, 1.82) is 0 Å². The number of hydrogen-bond acceptors (Lipinski definition) is 3. The average molecular weight is 367 g/mol. The summed E-state index contributed by atoms with van der Waals surface area (Å²) in [6.45, 7) is 7.35. The van der Waals surface area contributed by atoms with Crippen LogP contribution in [0.25, 0.3) is 11.8 Å². The molecule has 2 heterocycles. The maximum Gasteiger partial charge on any atom is 0.329 e. The molecule has 0 unspecified atom stereocenters. The number of amides is 3. The van der Waals surface area contributed by atoms with Gasteiger partial charge in [0.05, 0.1) is 5.69 Å². The van der Waals surface area contributed by atoms with Crippen molar-refractivity contribution in [3.05, 3.63) is 58.0 Å². The van der Waals surface area contributed by atoms with Gasteiger partial charge in [-0.1, -0.05) is 18.2 Å². The van der Waals surface area contributed by atoms with Crippen LogP contribution in [0.4, 0.5) is 4.79 Å². The van der Waals surface area contributed by atoms with E-state index < -0.39 is 24.5 Å². The molecule has 0 bridgehead atoms. The Balaban J connectivity index is 2.03. The number of aliphatic carboxylic acids is 1. The minimum Gasteiger partial charge on any atom is -0.480 e. The van der Waals surface area contributed by atoms with Gasteiger partial charge in [0.2, 0.25) is 0 Å². The lowest BCUT2D eigenvalue weighted by atomic mass is 10.1. The number of nitrogens with one attached hydrogen (secondary N) is 1. The second-order valence-electron chi connectivity index (χ2n) is 6.68. The van der Waals surface area contributed by atoms with Gasteiger partial charge < -0.3 is 15.0 Å². The molecule has 7 heteroatoms. The summed E-state index contributed by atoms with van der Waals surface area (Å²) in [6, 6.07) is 7.31. The number of carbonyl (C=O) groups is 3. The molecule has 1 aliphatic heterocycles. The first kappa shape index (κ1) is 18.4. The quantitative estimate of drug-likeness (QED) is 0.642. The molecule has 7 nitrogen and oxygen atoms in total. The molecule has 1 aliphatic rings. The van der Waals surface area contributed by atoms with Crippen molar-refractivity contribution >= 4 is 24.0 Å². The molecule has 0 spiro atoms. The fourth-order valence-electron chi connectivity index (χ4n) is 3.44. The third-order valence-corrected chi connectivity index (χ3v) is 4.69. The highest BCUT2D eigenvalue weighted by Gasteiger charge is 2.35. The number of benzene rings is 1. The number of hydrogen-bond donors (Lipinski definition) is 2. The fraction of sp³-hybridized carbons (Fsp3) is 0.250. The molecule has 1 aromatic carbocycles. The predicted octanol–water partition coefficient (Wildman–Crippen LogP) is 2.69. The maximum atomic E-state index is 12.3. The first-order chi connectivity index (χ1) is 12.7. The number of carboxylic acid groups (broad SMARTS) is 1. The maximum absolute atomic E-state index is 12.3. The van der Waals surface area contributed by atoms with Crippen LogP contribution in [0.2, 0.25) is 0 Å². The average Bonchev–Trinajstić information content (AvgIpc) is 2.99. The Morgan fingerprint density at radius 3 is 2.37 bits per heavy atom. The molecule has 3 amide bonds. The number of carboxylic acids is 1. The van der Waals surface area contributed by atoms with Crippen molar-refractivity contribution in [2.24, 2.45) is 0 Å². The molecule has 2 N–H and O–H groups in total. The van der Waals surface area contributed by atoms with E-state index in [1.807, 2.05) is 52.0 Å². The van der Waals surface area contributed by atoms with Crippen molar-refractivity contribution in [3.63, 3.8) is 0 Å². The normalized spacial score (nSPS) is 15.6. The van der Waals surface area contributed by atoms with E-state index in [0.29, 0.717) is 4.90 Å². The topological polar surface area (TPSA) is 91.6 Å². The van der Waals surface area contributed by atoms with Gasteiger partial charge in [-0.05, 0) is 56.5 Å². The van der Waals surface area contributed by atoms with Crippen LogP contribution >= 0.6 is 0 Å². The molecular formula is C20H21N3O4. The summed E-state index contributed by atoms with van der Waals surface area (Å²) in [5.41, 5.74) is 6.14. The highest BCUT2D eigenvalue weighted by molar-refractivity contribution is 6.15. The SMILES string of the molecule is Cc1cccc(C)c1-n1c(C)cc(/C=C2/NC(=O)N(CC(=O)O)C2=O)c1C. The molecule has 0 atom stereocenters. The monoisotopic (exact) mass is 367 g/mol. The van der Waals surface area contributed by atoms with Gasteiger partial charge in [0.15, 0.2) is 0 Å². The van der Waals surface area contributed by atoms with Gasteiger partial charge in [-0.3, -0.25) is 9.59 Å². The van der Waals surface area contributed by atoms with Gasteiger partial charge in [0, 0.05) is 11.4 Å². The van der Waals surface area contributed by atoms with E-state index in [4.69, 9.17) is 5.11 Å². The molecule has 0 saturated carbocycles. The Hall–Kier alpha value is -3.35. The largest absolute Gasteiger partial charge is 0.480 e. The van der Waals surface area contributed by atoms with E-state index in [2.05, 4.69) is 9.88 Å². The van der Waals surface area contributed by atoms with Gasteiger partial charge in [-0.2, -0.15) is 0 Å². The fourth-order valence-corrected chi connectivity index (χ4v) is 3.44. The number of rotatable bonds is 4. The van der Waals surface area contributed by atoms with Crippen molar-refractivity contribution < 1.29 is 19.5 Å². The van der Waals surface area contributed by atoms with Crippen LogP contribution < -0.4 is 5.32 Å². The summed E-state index contributed by atoms with van der Waals surface area (Å²) in [5, 5.41) is 11.3. The first-order valence-electron chi connectivity index (χ1n) is 8.52. The molecule has 2 aromatic rings. The molecular weight excluding hydrogens is 346 g/mol. The van der Waals surface area contributed by atoms with Gasteiger partial charge in [-0.25, -0.2) is 9.69 Å². The van der Waals surface area contributed by atoms with Gasteiger partial charge in [0.1, 0.15) is 12.2 Å². The van der Waals surface area contributed by atoms with Crippen LogP contribution in [0.1, 0.15) is 28.1 Å². The number of urea groups is 1. The smallest absolute Gasteiger partial charge is 0.329 e. The summed E-state index contributed by atoms with van der Waals surface area (Å²) >= 11 is 0. The van der Waals surface area contributed by atoms with Crippen molar-refractivity contribution in [1.82, 2.24) is 14.8 Å². The third-order valence-electron chi connectivity index (χ3n) is 4.69. The summed E-state index contributed by atoms with van der Waals surface area (Å²) in [7, 11) is 0. The van der Waals surface area contributed by atoms with E-state index in [9.17, 15) is 14.4 Å². The summed E-state index contributed by atoms with van der Waals surface area (Å²) in [6.07, 6.45) is 1.59. The zero-order valence-electron chi connectivity index (χ0n) is 15.7. The van der Waals surface area contributed by atoms with Crippen LogP contribution in [0, 0.1) is 27.7 Å². The van der Waals surface area contributed by atoms with E-state index >= 15 is 0 Å². The van der Waals surface area contributed by atoms with Crippen LogP contribution in [0.15, 0.2) is 30.0 Å². The van der Waals surface area contributed by atoms with Crippen molar-refractivity contribution in [2.45, 2.75) is 27.7 Å². The lowest BCUT2D eigenvalue weighted by Gasteiger charge is -2.15. The number of para-hydroxylation sites is 1. The van der Waals surface area contributed by atoms with Crippen molar-refractivity contribution in [2.75, 3.05) is 6.54 Å². The molecule has 0 radical (unpaired) electrons. The van der Waals surface area contributed by atoms with E-state index in [-0.39, 0.29) is 5.70 Å². The zero-order valence-corrected chi connectivity index (χ0v) is 15.7. The first-order valence-corrected chi connectivity index (χ1v) is 8.52. The lowest BCUT2D eigenvalue weighted by molar-refractivity contribution is -0.140. The summed E-state index contributed by atoms with van der Waals surface area (Å²) in [5.74, 6) is -1.88. The van der Waals surface area contributed by atoms with Crippen LogP contribution in [-0.4, -0.2) is 39.0 Å². The Labute approximate surface area is 156 Å². The standard InChI is InChI=1S/C20H21N3O4/c1-11-6-5-7-12(2)18(11)23-13(3)8-15(14(23)4)9-16-19(26)22(10-17(24)25)20(27)21-16/h5-9H,10H2,1-4H3,(H,21,27)(H,24,25)/b16-9+. The zero-order chi connectivity index (χ0) is 19.9. The molecule has 1 saturated heterocycles. The summed E-state index contributed by atoms with van der Waals surface area (Å²) in [4.78, 5) is 35.7. The van der Waals surface area contributed by atoms with Gasteiger partial charge >= 0.3 is 12.0 Å². The lowest BCUT2D eigenvalue weighted by Crippen LogP contribution is -2.35. The summed E-state index contributed by atoms with van der Waals surface area (Å²) < 4.78 is 2.12. The molecule has 140 valence electrons. The minimum absolute atomic E-state index is 0.0722. The van der Waals surface area contributed by atoms with Crippen LogP contribution in [0.5, 0.6) is 0 Å². The second-order valence-corrected chi connectivity index (χ2v) is 6.68. The molecule has 0 aliphatic carbocycles. The molecule has 1 aromatic heterocycles. The third kappa shape index (κ3) is 3.23. The molecule has 3 rings (SSSR count).